The number of hydrogen-bond acceptors (Lipinski definition) is 4. The second kappa shape index (κ2) is 7.53. The molecule has 0 aliphatic heterocycles. The molecule has 1 heterocycles. The van der Waals surface area contributed by atoms with E-state index in [1.807, 2.05) is 31.2 Å². The van der Waals surface area contributed by atoms with Gasteiger partial charge in [-0.05, 0) is 51.1 Å². The lowest BCUT2D eigenvalue weighted by molar-refractivity contribution is -0.144. The van der Waals surface area contributed by atoms with E-state index < -0.39 is 5.60 Å². The molecule has 6 heteroatoms. The zero-order chi connectivity index (χ0) is 19.6. The Morgan fingerprint density at radius 2 is 1.78 bits per heavy atom. The van der Waals surface area contributed by atoms with Gasteiger partial charge in [0.2, 0.25) is 0 Å². The van der Waals surface area contributed by atoms with E-state index in [9.17, 15) is 4.79 Å². The highest BCUT2D eigenvalue weighted by Crippen LogP contribution is 2.23. The van der Waals surface area contributed by atoms with Gasteiger partial charge in [0.15, 0.2) is 5.60 Å². The van der Waals surface area contributed by atoms with Gasteiger partial charge in [-0.2, -0.15) is 0 Å². The number of aryl methyl sites for hydroxylation is 1. The normalized spacial score (nSPS) is 11.4. The number of likely N-dealkylation sites (N-methyl/N-ethyl adjacent to an activating group) is 1. The standard InChI is InChI=1S/C21H22ClN3O2/c1-14-17-7-5-6-8-18(17)24-19(23-14)13-25(4)20(26)21(2,3)27-16-11-9-15(22)10-12-16/h5-12H,13H2,1-4H3. The molecule has 1 aromatic heterocycles. The molecule has 2 aromatic carbocycles. The fourth-order valence-corrected chi connectivity index (χ4v) is 3.08. The van der Waals surface area contributed by atoms with E-state index >= 15 is 0 Å². The van der Waals surface area contributed by atoms with Crippen LogP contribution in [0.1, 0.15) is 25.4 Å². The van der Waals surface area contributed by atoms with Crippen LogP contribution < -0.4 is 4.74 Å². The van der Waals surface area contributed by atoms with Crippen LogP contribution in [0.5, 0.6) is 5.75 Å². The minimum atomic E-state index is -1.03. The van der Waals surface area contributed by atoms with Crippen molar-refractivity contribution in [3.8, 4) is 5.75 Å². The molecule has 140 valence electrons. The van der Waals surface area contributed by atoms with Crippen molar-refractivity contribution >= 4 is 28.4 Å². The Hall–Kier alpha value is -2.66. The van der Waals surface area contributed by atoms with E-state index in [0.29, 0.717) is 23.1 Å². The number of benzene rings is 2. The lowest BCUT2D eigenvalue weighted by atomic mass is 10.1. The summed E-state index contributed by atoms with van der Waals surface area (Å²) in [7, 11) is 1.73. The fraction of sp³-hybridized carbons (Fsp3) is 0.286. The Bertz CT molecular complexity index is 971. The van der Waals surface area contributed by atoms with Crippen molar-refractivity contribution in [2.45, 2.75) is 32.9 Å². The summed E-state index contributed by atoms with van der Waals surface area (Å²) in [4.78, 5) is 23.6. The Balaban J connectivity index is 1.75. The van der Waals surface area contributed by atoms with Crippen LogP contribution >= 0.6 is 11.6 Å². The first-order valence-electron chi connectivity index (χ1n) is 8.69. The topological polar surface area (TPSA) is 55.3 Å². The average Bonchev–Trinajstić information content (AvgIpc) is 2.63. The first kappa shape index (κ1) is 19.1. The maximum atomic E-state index is 12.9. The predicted molar refractivity (Wildman–Crippen MR) is 107 cm³/mol. The van der Waals surface area contributed by atoms with E-state index in [2.05, 4.69) is 9.97 Å². The van der Waals surface area contributed by atoms with Crippen LogP contribution in [0.2, 0.25) is 5.02 Å². The Labute approximate surface area is 164 Å². The third kappa shape index (κ3) is 4.37. The Kier molecular flexibility index (Phi) is 5.33. The van der Waals surface area contributed by atoms with Crippen LogP contribution in [0, 0.1) is 6.92 Å². The van der Waals surface area contributed by atoms with Gasteiger partial charge in [-0.3, -0.25) is 4.79 Å². The highest BCUT2D eigenvalue weighted by atomic mass is 35.5. The molecule has 0 saturated heterocycles. The second-order valence-corrected chi connectivity index (χ2v) is 7.41. The van der Waals surface area contributed by atoms with Gasteiger partial charge in [-0.15, -0.1) is 0 Å². The van der Waals surface area contributed by atoms with Crippen molar-refractivity contribution in [3.63, 3.8) is 0 Å². The molecule has 0 atom stereocenters. The van der Waals surface area contributed by atoms with E-state index in [1.165, 1.54) is 0 Å². The van der Waals surface area contributed by atoms with Gasteiger partial charge in [0.1, 0.15) is 11.6 Å². The van der Waals surface area contributed by atoms with Crippen LogP contribution in [0.3, 0.4) is 0 Å². The molecule has 0 aliphatic carbocycles. The number of hydrogen-bond donors (Lipinski definition) is 0. The molecular weight excluding hydrogens is 362 g/mol. The number of ether oxygens (including phenoxy) is 1. The summed E-state index contributed by atoms with van der Waals surface area (Å²) in [5.74, 6) is 1.03. The molecule has 5 nitrogen and oxygen atoms in total. The van der Waals surface area contributed by atoms with Crippen LogP contribution in [0.15, 0.2) is 48.5 Å². The minimum absolute atomic E-state index is 0.160. The van der Waals surface area contributed by atoms with Crippen LogP contribution in [-0.4, -0.2) is 33.4 Å². The van der Waals surface area contributed by atoms with Crippen molar-refractivity contribution in [3.05, 3.63) is 65.1 Å². The van der Waals surface area contributed by atoms with E-state index in [0.717, 1.165) is 16.6 Å². The Morgan fingerprint density at radius 1 is 1.11 bits per heavy atom. The summed E-state index contributed by atoms with van der Waals surface area (Å²) >= 11 is 5.90. The van der Waals surface area contributed by atoms with Gasteiger partial charge in [0.05, 0.1) is 12.1 Å². The van der Waals surface area contributed by atoms with E-state index in [-0.39, 0.29) is 5.91 Å². The Morgan fingerprint density at radius 3 is 2.48 bits per heavy atom. The maximum absolute atomic E-state index is 12.9. The maximum Gasteiger partial charge on any atom is 0.266 e. The SMILES string of the molecule is Cc1nc(CN(C)C(=O)C(C)(C)Oc2ccc(Cl)cc2)nc2ccccc12. The fourth-order valence-electron chi connectivity index (χ4n) is 2.95. The molecule has 0 unspecified atom stereocenters. The van der Waals surface area contributed by atoms with Crippen LogP contribution in [-0.2, 0) is 11.3 Å². The van der Waals surface area contributed by atoms with Gasteiger partial charge in [-0.25, -0.2) is 9.97 Å². The highest BCUT2D eigenvalue weighted by Gasteiger charge is 2.33. The number of para-hydroxylation sites is 1. The smallest absolute Gasteiger partial charge is 0.266 e. The van der Waals surface area contributed by atoms with Crippen molar-refractivity contribution in [2.75, 3.05) is 7.05 Å². The number of rotatable bonds is 5. The van der Waals surface area contributed by atoms with Crippen LogP contribution in [0.4, 0.5) is 0 Å². The van der Waals surface area contributed by atoms with Gasteiger partial charge in [0.25, 0.3) is 5.91 Å². The van der Waals surface area contributed by atoms with E-state index in [4.69, 9.17) is 16.3 Å². The second-order valence-electron chi connectivity index (χ2n) is 6.97. The van der Waals surface area contributed by atoms with Crippen molar-refractivity contribution in [1.29, 1.82) is 0 Å². The third-order valence-electron chi connectivity index (χ3n) is 4.27. The highest BCUT2D eigenvalue weighted by molar-refractivity contribution is 6.30. The summed E-state index contributed by atoms with van der Waals surface area (Å²) in [6, 6.07) is 14.8. The largest absolute Gasteiger partial charge is 0.478 e. The molecule has 3 aromatic rings. The third-order valence-corrected chi connectivity index (χ3v) is 4.52. The van der Waals surface area contributed by atoms with Crippen molar-refractivity contribution < 1.29 is 9.53 Å². The number of carbonyl (C=O) groups excluding carboxylic acids is 1. The number of carbonyl (C=O) groups is 1. The lowest BCUT2D eigenvalue weighted by Gasteiger charge is -2.30. The predicted octanol–water partition coefficient (Wildman–Crippen LogP) is 4.41. The summed E-state index contributed by atoms with van der Waals surface area (Å²) in [6.07, 6.45) is 0. The zero-order valence-electron chi connectivity index (χ0n) is 15.9. The zero-order valence-corrected chi connectivity index (χ0v) is 16.6. The first-order chi connectivity index (χ1) is 12.8. The minimum Gasteiger partial charge on any atom is -0.478 e. The first-order valence-corrected chi connectivity index (χ1v) is 9.06. The van der Waals surface area contributed by atoms with Gasteiger partial charge < -0.3 is 9.64 Å². The molecule has 1 amide bonds. The summed E-state index contributed by atoms with van der Waals surface area (Å²) in [5, 5.41) is 1.63. The van der Waals surface area contributed by atoms with E-state index in [1.54, 1.807) is 50.1 Å². The number of aromatic nitrogens is 2. The van der Waals surface area contributed by atoms with Crippen LogP contribution in [0.25, 0.3) is 10.9 Å². The number of nitrogens with zero attached hydrogens (tertiary/aromatic N) is 3. The summed E-state index contributed by atoms with van der Waals surface area (Å²) in [6.45, 7) is 5.74. The van der Waals surface area contributed by atoms with Crippen molar-refractivity contribution in [1.82, 2.24) is 14.9 Å². The van der Waals surface area contributed by atoms with Gasteiger partial charge in [0, 0.05) is 23.2 Å². The molecule has 0 fully saturated rings. The number of fused-ring (bicyclic) bond motifs is 1. The molecule has 27 heavy (non-hydrogen) atoms. The molecule has 0 saturated carbocycles. The quantitative estimate of drug-likeness (QED) is 0.655. The van der Waals surface area contributed by atoms with Gasteiger partial charge >= 0.3 is 0 Å². The molecular formula is C21H22ClN3O2. The number of amides is 1. The molecule has 3 rings (SSSR count). The summed E-state index contributed by atoms with van der Waals surface area (Å²) < 4.78 is 5.88. The number of halogens is 1. The van der Waals surface area contributed by atoms with Gasteiger partial charge in [-0.1, -0.05) is 29.8 Å². The molecule has 0 bridgehead atoms. The average molecular weight is 384 g/mol. The monoisotopic (exact) mass is 383 g/mol. The summed E-state index contributed by atoms with van der Waals surface area (Å²) in [5.41, 5.74) is 0.736. The molecule has 0 radical (unpaired) electrons. The molecule has 0 aliphatic rings. The lowest BCUT2D eigenvalue weighted by Crippen LogP contribution is -2.47. The molecule has 0 spiro atoms. The molecule has 0 N–H and O–H groups in total. The van der Waals surface area contributed by atoms with Crippen molar-refractivity contribution in [2.24, 2.45) is 0 Å².